The van der Waals surface area contributed by atoms with E-state index in [9.17, 15) is 4.79 Å². The van der Waals surface area contributed by atoms with E-state index in [-0.39, 0.29) is 5.91 Å². The smallest absolute Gasteiger partial charge is 0.251 e. The van der Waals surface area contributed by atoms with Gasteiger partial charge in [-0.3, -0.25) is 4.79 Å². The fraction of sp³-hybridized carbons (Fsp3) is 0.286. The van der Waals surface area contributed by atoms with E-state index in [1.807, 2.05) is 62.4 Å². The Morgan fingerprint density at radius 1 is 0.970 bits per heavy atom. The van der Waals surface area contributed by atoms with Crippen LogP contribution in [0.2, 0.25) is 0 Å². The molecule has 0 spiro atoms. The molecule has 0 fully saturated rings. The van der Waals surface area contributed by atoms with Crippen LogP contribution in [-0.2, 0) is 13.0 Å². The molecule has 0 radical (unpaired) electrons. The van der Waals surface area contributed by atoms with Crippen molar-refractivity contribution in [2.75, 3.05) is 13.2 Å². The van der Waals surface area contributed by atoms with Crippen molar-refractivity contribution in [2.24, 2.45) is 0 Å². The summed E-state index contributed by atoms with van der Waals surface area (Å²) in [5.41, 5.74) is 6.19. The van der Waals surface area contributed by atoms with Crippen molar-refractivity contribution in [3.63, 3.8) is 0 Å². The molecule has 5 nitrogen and oxygen atoms in total. The predicted octanol–water partition coefficient (Wildman–Crippen LogP) is 5.40. The molecule has 0 saturated heterocycles. The van der Waals surface area contributed by atoms with Crippen LogP contribution >= 0.6 is 0 Å². The second kappa shape index (κ2) is 10.3. The van der Waals surface area contributed by atoms with E-state index in [0.29, 0.717) is 19.6 Å². The van der Waals surface area contributed by atoms with Crippen molar-refractivity contribution in [1.82, 2.24) is 14.9 Å². The van der Waals surface area contributed by atoms with Gasteiger partial charge in [-0.2, -0.15) is 0 Å². The third-order valence-electron chi connectivity index (χ3n) is 5.81. The Bertz CT molecular complexity index is 1240. The number of aryl methyl sites for hydroxylation is 4. The number of rotatable bonds is 9. The number of para-hydroxylation sites is 2. The zero-order valence-corrected chi connectivity index (χ0v) is 19.6. The minimum absolute atomic E-state index is 0.0401. The summed E-state index contributed by atoms with van der Waals surface area (Å²) in [6.07, 6.45) is 1.54. The van der Waals surface area contributed by atoms with E-state index in [2.05, 4.69) is 35.0 Å². The molecule has 170 valence electrons. The number of hydrogen-bond donors (Lipinski definition) is 1. The van der Waals surface area contributed by atoms with Gasteiger partial charge in [0.1, 0.15) is 11.6 Å². The summed E-state index contributed by atoms with van der Waals surface area (Å²) in [6.45, 7) is 8.06. The van der Waals surface area contributed by atoms with Crippen molar-refractivity contribution in [3.8, 4) is 5.75 Å². The Labute approximate surface area is 195 Å². The number of hydrogen-bond acceptors (Lipinski definition) is 3. The Morgan fingerprint density at radius 2 is 1.73 bits per heavy atom. The van der Waals surface area contributed by atoms with Crippen LogP contribution < -0.4 is 10.1 Å². The number of amides is 1. The van der Waals surface area contributed by atoms with Gasteiger partial charge in [0.25, 0.3) is 5.91 Å². The average Bonchev–Trinajstić information content (AvgIpc) is 3.15. The summed E-state index contributed by atoms with van der Waals surface area (Å²) in [4.78, 5) is 17.5. The van der Waals surface area contributed by atoms with E-state index in [1.54, 1.807) is 0 Å². The third-order valence-corrected chi connectivity index (χ3v) is 5.81. The first-order chi connectivity index (χ1) is 16.0. The SMILES string of the molecule is Cc1ccc(OCCCn2c(CCNC(=O)c3ccc(C)cc3C)nc3ccccc32)cc1. The molecule has 0 saturated carbocycles. The summed E-state index contributed by atoms with van der Waals surface area (Å²) in [7, 11) is 0. The summed E-state index contributed by atoms with van der Waals surface area (Å²) in [6, 6.07) is 22.2. The number of carbonyl (C=O) groups excluding carboxylic acids is 1. The number of fused-ring (bicyclic) bond motifs is 1. The third kappa shape index (κ3) is 5.61. The Hall–Kier alpha value is -3.60. The lowest BCUT2D eigenvalue weighted by molar-refractivity contribution is 0.0953. The first-order valence-corrected chi connectivity index (χ1v) is 11.5. The number of carbonyl (C=O) groups is 1. The topological polar surface area (TPSA) is 56.1 Å². The number of imidazole rings is 1. The van der Waals surface area contributed by atoms with Crippen molar-refractivity contribution in [3.05, 3.63) is 94.8 Å². The highest BCUT2D eigenvalue weighted by molar-refractivity contribution is 5.95. The van der Waals surface area contributed by atoms with Crippen LogP contribution in [0.4, 0.5) is 0 Å². The van der Waals surface area contributed by atoms with Crippen LogP contribution in [-0.4, -0.2) is 28.6 Å². The largest absolute Gasteiger partial charge is 0.494 e. The summed E-state index contributed by atoms with van der Waals surface area (Å²) in [5, 5.41) is 3.06. The Kier molecular flexibility index (Phi) is 7.08. The normalized spacial score (nSPS) is 11.0. The summed E-state index contributed by atoms with van der Waals surface area (Å²) in [5.74, 6) is 1.83. The van der Waals surface area contributed by atoms with Gasteiger partial charge < -0.3 is 14.6 Å². The quantitative estimate of drug-likeness (QED) is 0.354. The average molecular weight is 442 g/mol. The van der Waals surface area contributed by atoms with E-state index in [0.717, 1.165) is 52.3 Å². The van der Waals surface area contributed by atoms with Gasteiger partial charge in [0, 0.05) is 25.1 Å². The van der Waals surface area contributed by atoms with Crippen LogP contribution in [0.3, 0.4) is 0 Å². The number of aromatic nitrogens is 2. The van der Waals surface area contributed by atoms with Crippen LogP contribution in [0, 0.1) is 20.8 Å². The highest BCUT2D eigenvalue weighted by Gasteiger charge is 2.12. The van der Waals surface area contributed by atoms with Gasteiger partial charge in [-0.05, 0) is 63.1 Å². The van der Waals surface area contributed by atoms with Crippen LogP contribution in [0.15, 0.2) is 66.7 Å². The van der Waals surface area contributed by atoms with Crippen LogP contribution in [0.5, 0.6) is 5.75 Å². The predicted molar refractivity (Wildman–Crippen MR) is 133 cm³/mol. The molecule has 1 N–H and O–H groups in total. The molecule has 1 amide bonds. The molecule has 4 aromatic rings. The van der Waals surface area contributed by atoms with Gasteiger partial charge >= 0.3 is 0 Å². The van der Waals surface area contributed by atoms with Gasteiger partial charge in [-0.25, -0.2) is 4.98 Å². The number of ether oxygens (including phenoxy) is 1. The second-order valence-corrected chi connectivity index (χ2v) is 8.51. The molecule has 0 unspecified atom stereocenters. The van der Waals surface area contributed by atoms with Gasteiger partial charge in [0.15, 0.2) is 0 Å². The summed E-state index contributed by atoms with van der Waals surface area (Å²) < 4.78 is 8.15. The minimum Gasteiger partial charge on any atom is -0.494 e. The molecule has 0 atom stereocenters. The number of nitrogens with one attached hydrogen (secondary N) is 1. The molecule has 1 heterocycles. The first-order valence-electron chi connectivity index (χ1n) is 11.5. The number of benzene rings is 3. The fourth-order valence-electron chi connectivity index (χ4n) is 4.06. The summed E-state index contributed by atoms with van der Waals surface area (Å²) >= 11 is 0. The molecule has 4 rings (SSSR count). The van der Waals surface area contributed by atoms with Crippen molar-refractivity contribution in [1.29, 1.82) is 0 Å². The molecule has 5 heteroatoms. The molecule has 0 aliphatic rings. The number of nitrogens with zero attached hydrogens (tertiary/aromatic N) is 2. The van der Waals surface area contributed by atoms with E-state index in [1.165, 1.54) is 5.56 Å². The van der Waals surface area contributed by atoms with Crippen molar-refractivity contribution >= 4 is 16.9 Å². The zero-order valence-electron chi connectivity index (χ0n) is 19.6. The fourth-order valence-corrected chi connectivity index (χ4v) is 4.06. The Balaban J connectivity index is 1.38. The van der Waals surface area contributed by atoms with Crippen LogP contribution in [0.1, 0.15) is 39.3 Å². The highest BCUT2D eigenvalue weighted by Crippen LogP contribution is 2.18. The molecular formula is C28H31N3O2. The van der Waals surface area contributed by atoms with E-state index in [4.69, 9.17) is 9.72 Å². The maximum Gasteiger partial charge on any atom is 0.251 e. The molecule has 3 aromatic carbocycles. The lowest BCUT2D eigenvalue weighted by Gasteiger charge is -2.12. The first kappa shape index (κ1) is 22.6. The maximum absolute atomic E-state index is 12.6. The molecular weight excluding hydrogens is 410 g/mol. The standard InChI is InChI=1S/C28H31N3O2/c1-20-9-12-23(13-10-20)33-18-6-17-31-26-8-5-4-7-25(26)30-27(31)15-16-29-28(32)24-14-11-21(2)19-22(24)3/h4-5,7-14,19H,6,15-18H2,1-3H3,(H,29,32). The highest BCUT2D eigenvalue weighted by atomic mass is 16.5. The van der Waals surface area contributed by atoms with E-state index >= 15 is 0 Å². The monoisotopic (exact) mass is 441 g/mol. The van der Waals surface area contributed by atoms with Gasteiger partial charge in [0.2, 0.25) is 0 Å². The Morgan fingerprint density at radius 3 is 2.52 bits per heavy atom. The lowest BCUT2D eigenvalue weighted by atomic mass is 10.1. The molecule has 0 bridgehead atoms. The van der Waals surface area contributed by atoms with Crippen molar-refractivity contribution < 1.29 is 9.53 Å². The van der Waals surface area contributed by atoms with Gasteiger partial charge in [-0.15, -0.1) is 0 Å². The zero-order chi connectivity index (χ0) is 23.2. The van der Waals surface area contributed by atoms with Gasteiger partial charge in [-0.1, -0.05) is 47.5 Å². The minimum atomic E-state index is -0.0401. The van der Waals surface area contributed by atoms with Crippen LogP contribution in [0.25, 0.3) is 11.0 Å². The van der Waals surface area contributed by atoms with Gasteiger partial charge in [0.05, 0.1) is 17.6 Å². The van der Waals surface area contributed by atoms with Crippen molar-refractivity contribution in [2.45, 2.75) is 40.2 Å². The molecule has 1 aromatic heterocycles. The molecule has 0 aliphatic heterocycles. The second-order valence-electron chi connectivity index (χ2n) is 8.51. The lowest BCUT2D eigenvalue weighted by Crippen LogP contribution is -2.27. The molecule has 0 aliphatic carbocycles. The molecule has 33 heavy (non-hydrogen) atoms. The maximum atomic E-state index is 12.6. The van der Waals surface area contributed by atoms with E-state index < -0.39 is 0 Å².